The predicted octanol–water partition coefficient (Wildman–Crippen LogP) is 5.89. The van der Waals surface area contributed by atoms with E-state index in [1.165, 1.54) is 11.1 Å². The fraction of sp³-hybridized carbons (Fsp3) is 0.174. The Morgan fingerprint density at radius 2 is 1.63 bits per heavy atom. The number of rotatable bonds is 2. The average molecular weight is 375 g/mol. The highest BCUT2D eigenvalue weighted by Gasteiger charge is 2.41. The van der Waals surface area contributed by atoms with Crippen LogP contribution in [0.1, 0.15) is 40.9 Å². The van der Waals surface area contributed by atoms with E-state index in [-0.39, 0.29) is 12.3 Å². The van der Waals surface area contributed by atoms with Crippen molar-refractivity contribution in [3.05, 3.63) is 100 Å². The molecule has 3 nitrogen and oxygen atoms in total. The van der Waals surface area contributed by atoms with E-state index in [1.54, 1.807) is 0 Å². The highest BCUT2D eigenvalue weighted by Crippen LogP contribution is 2.48. The number of hydrogen-bond donors (Lipinski definition) is 0. The second-order valence-corrected chi connectivity index (χ2v) is 7.45. The summed E-state index contributed by atoms with van der Waals surface area (Å²) in [5, 5.41) is 7.74. The molecule has 0 saturated heterocycles. The van der Waals surface area contributed by atoms with Crippen LogP contribution < -0.4 is 4.74 Å². The quantitative estimate of drug-likeness (QED) is 0.558. The van der Waals surface area contributed by atoms with Crippen molar-refractivity contribution >= 4 is 17.3 Å². The zero-order valence-electron chi connectivity index (χ0n) is 15.0. The normalized spacial score (nSPS) is 20.5. The number of hydrogen-bond acceptors (Lipinski definition) is 3. The zero-order valence-corrected chi connectivity index (χ0v) is 15.7. The Morgan fingerprint density at radius 3 is 2.41 bits per heavy atom. The molecule has 2 aliphatic heterocycles. The monoisotopic (exact) mass is 374 g/mol. The molecule has 0 spiro atoms. The van der Waals surface area contributed by atoms with E-state index in [0.29, 0.717) is 5.02 Å². The molecule has 0 amide bonds. The second kappa shape index (κ2) is 6.43. The maximum Gasteiger partial charge on any atom is 0.215 e. The van der Waals surface area contributed by atoms with Crippen molar-refractivity contribution in [3.8, 4) is 5.75 Å². The minimum atomic E-state index is -0.332. The first kappa shape index (κ1) is 16.4. The van der Waals surface area contributed by atoms with Crippen LogP contribution in [0.25, 0.3) is 0 Å². The number of nitrogens with zero attached hydrogens (tertiary/aromatic N) is 2. The third kappa shape index (κ3) is 2.79. The lowest BCUT2D eigenvalue weighted by Gasteiger charge is -2.38. The van der Waals surface area contributed by atoms with Gasteiger partial charge < -0.3 is 4.74 Å². The highest BCUT2D eigenvalue weighted by atomic mass is 35.5. The number of para-hydroxylation sites is 1. The highest BCUT2D eigenvalue weighted by molar-refractivity contribution is 6.31. The molecule has 0 N–H and O–H groups in total. The van der Waals surface area contributed by atoms with Gasteiger partial charge in [0.1, 0.15) is 5.75 Å². The first-order chi connectivity index (χ1) is 13.2. The second-order valence-electron chi connectivity index (χ2n) is 7.04. The lowest BCUT2D eigenvalue weighted by Crippen LogP contribution is -2.33. The molecule has 0 aliphatic carbocycles. The third-order valence-electron chi connectivity index (χ3n) is 5.26. The molecule has 3 aromatic carbocycles. The van der Waals surface area contributed by atoms with E-state index in [0.717, 1.165) is 29.0 Å². The summed E-state index contributed by atoms with van der Waals surface area (Å²) < 4.78 is 6.35. The van der Waals surface area contributed by atoms with E-state index >= 15 is 0 Å². The van der Waals surface area contributed by atoms with Crippen LogP contribution in [-0.2, 0) is 0 Å². The van der Waals surface area contributed by atoms with Gasteiger partial charge in [0.25, 0.3) is 0 Å². The standard InChI is InChI=1S/C23H19ClN2O/c1-15-10-12-16(13-11-15)20-14-21-18-7-3-5-9-22(18)27-23(26(21)25-20)17-6-2-4-8-19(17)24/h2-13,21,23H,14H2,1H3/t21-,23-/m1/s1. The fourth-order valence-electron chi connectivity index (χ4n) is 3.84. The maximum absolute atomic E-state index is 6.49. The average Bonchev–Trinajstić information content (AvgIpc) is 3.14. The van der Waals surface area contributed by atoms with Gasteiger partial charge in [-0.15, -0.1) is 0 Å². The molecule has 2 heterocycles. The van der Waals surface area contributed by atoms with Crippen LogP contribution in [-0.4, -0.2) is 10.7 Å². The summed E-state index contributed by atoms with van der Waals surface area (Å²) in [5.41, 5.74) is 5.60. The lowest BCUT2D eigenvalue weighted by molar-refractivity contribution is -0.0189. The van der Waals surface area contributed by atoms with E-state index in [4.69, 9.17) is 21.4 Å². The van der Waals surface area contributed by atoms with E-state index in [2.05, 4.69) is 48.3 Å². The Kier molecular flexibility index (Phi) is 3.91. The Morgan fingerprint density at radius 1 is 0.926 bits per heavy atom. The van der Waals surface area contributed by atoms with Crippen molar-refractivity contribution in [2.24, 2.45) is 5.10 Å². The van der Waals surface area contributed by atoms with Crippen molar-refractivity contribution in [1.82, 2.24) is 5.01 Å². The van der Waals surface area contributed by atoms with Crippen molar-refractivity contribution in [1.29, 1.82) is 0 Å². The number of hydrazone groups is 1. The zero-order chi connectivity index (χ0) is 18.4. The van der Waals surface area contributed by atoms with Gasteiger partial charge in [-0.3, -0.25) is 0 Å². The molecule has 0 saturated carbocycles. The number of ether oxygens (including phenoxy) is 1. The van der Waals surface area contributed by atoms with E-state index in [1.807, 2.05) is 36.4 Å². The van der Waals surface area contributed by atoms with E-state index in [9.17, 15) is 0 Å². The Balaban J connectivity index is 1.61. The van der Waals surface area contributed by atoms with Crippen LogP contribution in [0.3, 0.4) is 0 Å². The third-order valence-corrected chi connectivity index (χ3v) is 5.60. The first-order valence-corrected chi connectivity index (χ1v) is 9.51. The first-order valence-electron chi connectivity index (χ1n) is 9.13. The molecular formula is C23H19ClN2O. The maximum atomic E-state index is 6.49. The van der Waals surface area contributed by atoms with Crippen LogP contribution in [0.5, 0.6) is 5.75 Å². The van der Waals surface area contributed by atoms with Crippen LogP contribution in [0.4, 0.5) is 0 Å². The molecule has 0 aromatic heterocycles. The Labute approximate surface area is 163 Å². The molecule has 0 unspecified atom stereocenters. The molecule has 0 radical (unpaired) electrons. The number of aryl methyl sites for hydroxylation is 1. The summed E-state index contributed by atoms with van der Waals surface area (Å²) >= 11 is 6.49. The van der Waals surface area contributed by atoms with Crippen molar-refractivity contribution in [2.75, 3.05) is 0 Å². The molecule has 2 aliphatic rings. The Hall–Kier alpha value is -2.78. The summed E-state index contributed by atoms with van der Waals surface area (Å²) in [6.45, 7) is 2.10. The molecule has 0 fully saturated rings. The van der Waals surface area contributed by atoms with Crippen LogP contribution in [0.15, 0.2) is 77.9 Å². The molecule has 134 valence electrons. The van der Waals surface area contributed by atoms with Gasteiger partial charge in [-0.25, -0.2) is 5.01 Å². The largest absolute Gasteiger partial charge is 0.464 e. The number of fused-ring (bicyclic) bond motifs is 3. The number of halogens is 1. The van der Waals surface area contributed by atoms with Crippen molar-refractivity contribution < 1.29 is 4.74 Å². The van der Waals surface area contributed by atoms with Crippen LogP contribution in [0, 0.1) is 6.92 Å². The summed E-state index contributed by atoms with van der Waals surface area (Å²) in [5.74, 6) is 0.907. The minimum Gasteiger partial charge on any atom is -0.464 e. The molecule has 5 rings (SSSR count). The molecule has 27 heavy (non-hydrogen) atoms. The van der Waals surface area contributed by atoms with Gasteiger partial charge in [-0.2, -0.15) is 5.10 Å². The summed E-state index contributed by atoms with van der Waals surface area (Å²) in [4.78, 5) is 0. The molecule has 4 heteroatoms. The predicted molar refractivity (Wildman–Crippen MR) is 108 cm³/mol. The summed E-state index contributed by atoms with van der Waals surface area (Å²) in [6, 6.07) is 24.7. The topological polar surface area (TPSA) is 24.8 Å². The van der Waals surface area contributed by atoms with Crippen LogP contribution >= 0.6 is 11.6 Å². The minimum absolute atomic E-state index is 0.146. The van der Waals surface area contributed by atoms with Gasteiger partial charge in [0.05, 0.1) is 11.8 Å². The van der Waals surface area contributed by atoms with Gasteiger partial charge >= 0.3 is 0 Å². The summed E-state index contributed by atoms with van der Waals surface area (Å²) in [7, 11) is 0. The van der Waals surface area contributed by atoms with Gasteiger partial charge in [0, 0.05) is 22.6 Å². The van der Waals surface area contributed by atoms with Crippen molar-refractivity contribution in [2.45, 2.75) is 25.6 Å². The molecule has 0 bridgehead atoms. The number of benzene rings is 3. The van der Waals surface area contributed by atoms with Crippen molar-refractivity contribution in [3.63, 3.8) is 0 Å². The summed E-state index contributed by atoms with van der Waals surface area (Å²) in [6.07, 6.45) is 0.520. The SMILES string of the molecule is Cc1ccc(C2=NN3[C@H](C2)c2ccccc2O[C@@H]3c2ccccc2Cl)cc1. The van der Waals surface area contributed by atoms with Gasteiger partial charge in [-0.1, -0.05) is 77.8 Å². The lowest BCUT2D eigenvalue weighted by atomic mass is 9.95. The molecular weight excluding hydrogens is 356 g/mol. The fourth-order valence-corrected chi connectivity index (χ4v) is 4.06. The van der Waals surface area contributed by atoms with E-state index < -0.39 is 0 Å². The van der Waals surface area contributed by atoms with Crippen LogP contribution in [0.2, 0.25) is 5.02 Å². The molecule has 2 atom stereocenters. The Bertz CT molecular complexity index is 1030. The molecule has 3 aromatic rings. The van der Waals surface area contributed by atoms with Gasteiger partial charge in [0.15, 0.2) is 0 Å². The smallest absolute Gasteiger partial charge is 0.215 e. The van der Waals surface area contributed by atoms with Gasteiger partial charge in [-0.05, 0) is 24.6 Å². The van der Waals surface area contributed by atoms with Gasteiger partial charge in [0.2, 0.25) is 6.23 Å².